The van der Waals surface area contributed by atoms with E-state index in [4.69, 9.17) is 10.5 Å². The van der Waals surface area contributed by atoms with Crippen molar-refractivity contribution in [3.05, 3.63) is 35.2 Å². The van der Waals surface area contributed by atoms with Crippen molar-refractivity contribution in [2.45, 2.75) is 44.2 Å². The van der Waals surface area contributed by atoms with E-state index in [0.717, 1.165) is 50.9 Å². The van der Waals surface area contributed by atoms with E-state index < -0.39 is 0 Å². The summed E-state index contributed by atoms with van der Waals surface area (Å²) in [6.45, 7) is 2.48. The van der Waals surface area contributed by atoms with Crippen LogP contribution in [0.15, 0.2) is 29.6 Å². The van der Waals surface area contributed by atoms with E-state index in [2.05, 4.69) is 23.6 Å². The third kappa shape index (κ3) is 3.73. The topological polar surface area (TPSA) is 55.6 Å². The van der Waals surface area contributed by atoms with E-state index in [0.29, 0.717) is 18.4 Å². The van der Waals surface area contributed by atoms with E-state index in [1.807, 2.05) is 11.0 Å². The SMILES string of the molecule is N[C@@H]1CCO[C@@H](C2CCN(C(=O)Cc3csc4ccccc34)CC2)C1. The highest BCUT2D eigenvalue weighted by Crippen LogP contribution is 2.30. The molecule has 4 rings (SSSR count). The summed E-state index contributed by atoms with van der Waals surface area (Å²) in [6.07, 6.45) is 4.82. The van der Waals surface area contributed by atoms with Crippen molar-refractivity contribution < 1.29 is 9.53 Å². The molecule has 2 fully saturated rings. The number of hydrogen-bond acceptors (Lipinski definition) is 4. The minimum Gasteiger partial charge on any atom is -0.378 e. The zero-order valence-electron chi connectivity index (χ0n) is 14.5. The lowest BCUT2D eigenvalue weighted by Gasteiger charge is -2.38. The molecular weight excluding hydrogens is 332 g/mol. The molecule has 0 saturated carbocycles. The van der Waals surface area contributed by atoms with Crippen LogP contribution in [-0.2, 0) is 16.0 Å². The Hall–Kier alpha value is -1.43. The fraction of sp³-hybridized carbons (Fsp3) is 0.550. The van der Waals surface area contributed by atoms with Crippen molar-refractivity contribution in [3.63, 3.8) is 0 Å². The predicted octanol–water partition coefficient (Wildman–Crippen LogP) is 3.19. The Labute approximate surface area is 152 Å². The van der Waals surface area contributed by atoms with Gasteiger partial charge in [0.05, 0.1) is 12.5 Å². The van der Waals surface area contributed by atoms with Crippen molar-refractivity contribution in [2.75, 3.05) is 19.7 Å². The monoisotopic (exact) mass is 358 g/mol. The van der Waals surface area contributed by atoms with Crippen LogP contribution in [0.1, 0.15) is 31.2 Å². The van der Waals surface area contributed by atoms with E-state index in [9.17, 15) is 4.79 Å². The Morgan fingerprint density at radius 1 is 1.24 bits per heavy atom. The maximum absolute atomic E-state index is 12.7. The van der Waals surface area contributed by atoms with Gasteiger partial charge in [0.1, 0.15) is 0 Å². The Kier molecular flexibility index (Phi) is 5.06. The Bertz CT molecular complexity index is 736. The van der Waals surface area contributed by atoms with Gasteiger partial charge >= 0.3 is 0 Å². The zero-order chi connectivity index (χ0) is 17.2. The number of carbonyl (C=O) groups excluding carboxylic acids is 1. The standard InChI is InChI=1S/C20H26N2O2S/c21-16-7-10-24-18(12-16)14-5-8-22(9-6-14)20(23)11-15-13-25-19-4-2-1-3-17(15)19/h1-4,13-14,16,18H,5-12,21H2/t16-,18-/m1/s1. The van der Waals surface area contributed by atoms with Gasteiger partial charge in [-0.1, -0.05) is 18.2 Å². The second-order valence-corrected chi connectivity index (χ2v) is 8.26. The molecule has 2 aromatic rings. The summed E-state index contributed by atoms with van der Waals surface area (Å²) in [5, 5.41) is 3.35. The molecule has 0 aliphatic carbocycles. The number of ether oxygens (including phenoxy) is 1. The summed E-state index contributed by atoms with van der Waals surface area (Å²) >= 11 is 1.72. The minimum absolute atomic E-state index is 0.253. The normalized spacial score (nSPS) is 25.4. The molecule has 0 bridgehead atoms. The summed E-state index contributed by atoms with van der Waals surface area (Å²) in [7, 11) is 0. The molecule has 1 aromatic heterocycles. The average Bonchev–Trinajstić information content (AvgIpc) is 3.05. The van der Waals surface area contributed by atoms with Gasteiger partial charge < -0.3 is 15.4 Å². The number of nitrogens with zero attached hydrogens (tertiary/aromatic N) is 1. The first-order valence-electron chi connectivity index (χ1n) is 9.31. The number of nitrogens with two attached hydrogens (primary N) is 1. The number of fused-ring (bicyclic) bond motifs is 1. The fourth-order valence-electron chi connectivity index (χ4n) is 4.15. The smallest absolute Gasteiger partial charge is 0.227 e. The highest BCUT2D eigenvalue weighted by Gasteiger charge is 2.32. The van der Waals surface area contributed by atoms with Gasteiger partial charge in [-0.15, -0.1) is 11.3 Å². The molecule has 134 valence electrons. The molecule has 2 saturated heterocycles. The summed E-state index contributed by atoms with van der Waals surface area (Å²) in [5.41, 5.74) is 7.25. The van der Waals surface area contributed by atoms with Gasteiger partial charge in [0.15, 0.2) is 0 Å². The van der Waals surface area contributed by atoms with E-state index >= 15 is 0 Å². The maximum atomic E-state index is 12.7. The van der Waals surface area contributed by atoms with Gasteiger partial charge in [-0.2, -0.15) is 0 Å². The average molecular weight is 359 g/mol. The lowest BCUT2D eigenvalue weighted by Crippen LogP contribution is -2.45. The van der Waals surface area contributed by atoms with Crippen molar-refractivity contribution in [1.29, 1.82) is 0 Å². The molecule has 2 aliphatic heterocycles. The molecule has 1 amide bonds. The van der Waals surface area contributed by atoms with Crippen molar-refractivity contribution in [2.24, 2.45) is 11.7 Å². The second kappa shape index (κ2) is 7.44. The number of hydrogen-bond donors (Lipinski definition) is 1. The molecule has 2 N–H and O–H groups in total. The van der Waals surface area contributed by atoms with Crippen LogP contribution in [0.2, 0.25) is 0 Å². The maximum Gasteiger partial charge on any atom is 0.227 e. The lowest BCUT2D eigenvalue weighted by atomic mass is 9.86. The Morgan fingerprint density at radius 2 is 2.04 bits per heavy atom. The van der Waals surface area contributed by atoms with Gasteiger partial charge in [-0.05, 0) is 54.0 Å². The summed E-state index contributed by atoms with van der Waals surface area (Å²) in [5.74, 6) is 0.806. The van der Waals surface area contributed by atoms with Gasteiger partial charge in [0.2, 0.25) is 5.91 Å². The van der Waals surface area contributed by atoms with Gasteiger partial charge in [0, 0.05) is 30.4 Å². The van der Waals surface area contributed by atoms with E-state index in [-0.39, 0.29) is 11.9 Å². The predicted molar refractivity (Wildman–Crippen MR) is 102 cm³/mol. The van der Waals surface area contributed by atoms with E-state index in [1.165, 1.54) is 10.1 Å². The van der Waals surface area contributed by atoms with Crippen molar-refractivity contribution in [3.8, 4) is 0 Å². The summed E-state index contributed by atoms with van der Waals surface area (Å²) in [6, 6.07) is 8.61. The first kappa shape index (κ1) is 17.0. The van der Waals surface area contributed by atoms with Crippen molar-refractivity contribution >= 4 is 27.3 Å². The molecule has 4 nitrogen and oxygen atoms in total. The lowest BCUT2D eigenvalue weighted by molar-refractivity contribution is -0.133. The molecule has 3 heterocycles. The van der Waals surface area contributed by atoms with E-state index in [1.54, 1.807) is 11.3 Å². The minimum atomic E-state index is 0.253. The Balaban J connectivity index is 1.33. The van der Waals surface area contributed by atoms with Gasteiger partial charge in [-0.25, -0.2) is 0 Å². The summed E-state index contributed by atoms with van der Waals surface area (Å²) in [4.78, 5) is 14.8. The third-order valence-electron chi connectivity index (χ3n) is 5.68. The van der Waals surface area contributed by atoms with Gasteiger partial charge in [0.25, 0.3) is 0 Å². The zero-order valence-corrected chi connectivity index (χ0v) is 15.3. The molecule has 1 aromatic carbocycles. The molecule has 2 atom stereocenters. The summed E-state index contributed by atoms with van der Waals surface area (Å²) < 4.78 is 7.19. The number of amides is 1. The van der Waals surface area contributed by atoms with Crippen LogP contribution in [-0.4, -0.2) is 42.6 Å². The fourth-order valence-corrected chi connectivity index (χ4v) is 5.11. The number of likely N-dealkylation sites (tertiary alicyclic amines) is 1. The van der Waals surface area contributed by atoms with Crippen LogP contribution in [0.25, 0.3) is 10.1 Å². The number of piperidine rings is 1. The van der Waals surface area contributed by atoms with Crippen LogP contribution in [0.4, 0.5) is 0 Å². The molecule has 25 heavy (non-hydrogen) atoms. The Morgan fingerprint density at radius 3 is 2.84 bits per heavy atom. The number of benzene rings is 1. The number of thiophene rings is 1. The van der Waals surface area contributed by atoms with Crippen LogP contribution in [0.5, 0.6) is 0 Å². The molecule has 0 unspecified atom stereocenters. The molecule has 0 spiro atoms. The van der Waals surface area contributed by atoms with Crippen LogP contribution >= 0.6 is 11.3 Å². The molecular formula is C20H26N2O2S. The van der Waals surface area contributed by atoms with Crippen LogP contribution in [0, 0.1) is 5.92 Å². The molecule has 5 heteroatoms. The molecule has 0 radical (unpaired) electrons. The van der Waals surface area contributed by atoms with Gasteiger partial charge in [-0.3, -0.25) is 4.79 Å². The first-order valence-corrected chi connectivity index (χ1v) is 10.2. The first-order chi connectivity index (χ1) is 12.2. The third-order valence-corrected chi connectivity index (χ3v) is 6.69. The largest absolute Gasteiger partial charge is 0.378 e. The number of carbonyl (C=O) groups is 1. The second-order valence-electron chi connectivity index (χ2n) is 7.35. The highest BCUT2D eigenvalue weighted by atomic mass is 32.1. The molecule has 2 aliphatic rings. The number of rotatable bonds is 3. The quantitative estimate of drug-likeness (QED) is 0.917. The highest BCUT2D eigenvalue weighted by molar-refractivity contribution is 7.17. The van der Waals surface area contributed by atoms with Crippen LogP contribution < -0.4 is 5.73 Å². The van der Waals surface area contributed by atoms with Crippen molar-refractivity contribution in [1.82, 2.24) is 4.90 Å². The van der Waals surface area contributed by atoms with Crippen LogP contribution in [0.3, 0.4) is 0 Å².